The van der Waals surface area contributed by atoms with E-state index in [4.69, 9.17) is 4.74 Å². The molecular weight excluding hydrogens is 402 g/mol. The fourth-order valence-corrected chi connectivity index (χ4v) is 5.16. The van der Waals surface area contributed by atoms with Crippen LogP contribution in [0.15, 0.2) is 22.7 Å². The first kappa shape index (κ1) is 16.9. The Labute approximate surface area is 159 Å². The van der Waals surface area contributed by atoms with Gasteiger partial charge < -0.3 is 20.3 Å². The number of halogens is 1. The largest absolute Gasteiger partial charge is 0.493 e. The quantitative estimate of drug-likeness (QED) is 0.791. The van der Waals surface area contributed by atoms with Crippen molar-refractivity contribution in [3.05, 3.63) is 44.2 Å². The summed E-state index contributed by atoms with van der Waals surface area (Å²) in [7, 11) is 2.12. The molecule has 2 aliphatic rings. The number of likely N-dealkylation sites (N-methyl/N-ethyl adjacent to an activating group) is 1. The van der Waals surface area contributed by atoms with Crippen LogP contribution in [0.5, 0.6) is 5.75 Å². The third kappa shape index (κ3) is 3.05. The molecule has 2 aromatic rings. The zero-order chi connectivity index (χ0) is 17.6. The monoisotopic (exact) mass is 421 g/mol. The lowest BCUT2D eigenvalue weighted by atomic mass is 10.0. The van der Waals surface area contributed by atoms with Crippen molar-refractivity contribution in [1.29, 1.82) is 0 Å². The molecule has 132 valence electrons. The summed E-state index contributed by atoms with van der Waals surface area (Å²) in [6.45, 7) is 4.45. The van der Waals surface area contributed by atoms with E-state index < -0.39 is 0 Å². The number of nitrogens with zero attached hydrogens (tertiary/aromatic N) is 1. The Morgan fingerprint density at radius 1 is 1.40 bits per heavy atom. The molecule has 1 amide bonds. The van der Waals surface area contributed by atoms with Gasteiger partial charge in [0.15, 0.2) is 0 Å². The first-order valence-corrected chi connectivity index (χ1v) is 10.0. The molecule has 0 aliphatic carbocycles. The van der Waals surface area contributed by atoms with E-state index in [1.165, 1.54) is 10.4 Å². The number of ether oxygens (including phenoxy) is 1. The first-order valence-electron chi connectivity index (χ1n) is 8.39. The summed E-state index contributed by atoms with van der Waals surface area (Å²) in [4.78, 5) is 16.4. The molecule has 4 rings (SSSR count). The van der Waals surface area contributed by atoms with Crippen molar-refractivity contribution in [2.75, 3.05) is 25.5 Å². The van der Waals surface area contributed by atoms with E-state index in [0.717, 1.165) is 45.9 Å². The number of anilines is 1. The van der Waals surface area contributed by atoms with E-state index in [-0.39, 0.29) is 12.1 Å². The predicted octanol–water partition coefficient (Wildman–Crippen LogP) is 3.75. The molecular formula is C18H20BrN3O2S. The minimum absolute atomic E-state index is 0.00299. The summed E-state index contributed by atoms with van der Waals surface area (Å²) in [5.41, 5.74) is 2.97. The highest BCUT2D eigenvalue weighted by molar-refractivity contribution is 9.10. The Bertz CT molecular complexity index is 836. The Morgan fingerprint density at radius 3 is 3.04 bits per heavy atom. The standard InChI is InChI=1S/C18H20BrN3O2S/c1-3-24-13-5-4-10(19)8-12(13)16-20-17(23)15-11-6-7-22(2)9-14(11)25-18(15)21-16/h4-5,8,16,21H,3,6-7,9H2,1-2H3,(H,20,23)/t16-/m0/s1. The van der Waals surface area contributed by atoms with Crippen LogP contribution in [0, 0.1) is 0 Å². The number of benzene rings is 1. The summed E-state index contributed by atoms with van der Waals surface area (Å²) in [5, 5.41) is 7.58. The van der Waals surface area contributed by atoms with Crippen LogP contribution >= 0.6 is 27.3 Å². The zero-order valence-corrected chi connectivity index (χ0v) is 16.6. The molecule has 2 aliphatic heterocycles. The van der Waals surface area contributed by atoms with Crippen molar-refractivity contribution in [2.24, 2.45) is 0 Å². The lowest BCUT2D eigenvalue weighted by Crippen LogP contribution is -2.39. The second-order valence-electron chi connectivity index (χ2n) is 6.36. The van der Waals surface area contributed by atoms with Gasteiger partial charge in [0, 0.05) is 28.0 Å². The zero-order valence-electron chi connectivity index (χ0n) is 14.2. The summed E-state index contributed by atoms with van der Waals surface area (Å²) in [6.07, 6.45) is 0.635. The summed E-state index contributed by atoms with van der Waals surface area (Å²) < 4.78 is 6.71. The molecule has 0 fully saturated rings. The van der Waals surface area contributed by atoms with Gasteiger partial charge >= 0.3 is 0 Å². The van der Waals surface area contributed by atoms with Gasteiger partial charge in [-0.25, -0.2) is 0 Å². The molecule has 1 aromatic carbocycles. The van der Waals surface area contributed by atoms with Crippen LogP contribution < -0.4 is 15.4 Å². The molecule has 0 saturated heterocycles. The maximum atomic E-state index is 12.8. The highest BCUT2D eigenvalue weighted by atomic mass is 79.9. The summed E-state index contributed by atoms with van der Waals surface area (Å²) >= 11 is 5.22. The number of hydrogen-bond acceptors (Lipinski definition) is 5. The van der Waals surface area contributed by atoms with Gasteiger partial charge in [-0.2, -0.15) is 0 Å². The Hall–Kier alpha value is -1.57. The number of carbonyl (C=O) groups excluding carboxylic acids is 1. The maximum absolute atomic E-state index is 12.8. The van der Waals surface area contributed by atoms with Crippen LogP contribution in [0.25, 0.3) is 0 Å². The number of rotatable bonds is 3. The fraction of sp³-hybridized carbons (Fsp3) is 0.389. The molecule has 7 heteroatoms. The van der Waals surface area contributed by atoms with Crippen LogP contribution in [0.1, 0.15) is 39.5 Å². The summed E-state index contributed by atoms with van der Waals surface area (Å²) in [6, 6.07) is 5.88. The number of carbonyl (C=O) groups is 1. The van der Waals surface area contributed by atoms with Gasteiger partial charge in [-0.05, 0) is 44.2 Å². The SMILES string of the molecule is CCOc1ccc(Br)cc1[C@H]1NC(=O)c2c(sc3c2CCN(C)C3)N1. The molecule has 0 unspecified atom stereocenters. The third-order valence-corrected chi connectivity index (χ3v) is 6.25. The highest BCUT2D eigenvalue weighted by Gasteiger charge is 2.33. The van der Waals surface area contributed by atoms with Crippen LogP contribution in [-0.2, 0) is 13.0 Å². The smallest absolute Gasteiger partial charge is 0.256 e. The molecule has 25 heavy (non-hydrogen) atoms. The van der Waals surface area contributed by atoms with Gasteiger partial charge in [0.05, 0.1) is 12.2 Å². The van der Waals surface area contributed by atoms with E-state index >= 15 is 0 Å². The van der Waals surface area contributed by atoms with Crippen molar-refractivity contribution in [3.63, 3.8) is 0 Å². The number of fused-ring (bicyclic) bond motifs is 3. The van der Waals surface area contributed by atoms with Crippen molar-refractivity contribution in [3.8, 4) is 5.75 Å². The number of nitrogens with one attached hydrogen (secondary N) is 2. The van der Waals surface area contributed by atoms with Gasteiger partial charge in [-0.3, -0.25) is 4.79 Å². The number of hydrogen-bond donors (Lipinski definition) is 2. The topological polar surface area (TPSA) is 53.6 Å². The normalized spacial score (nSPS) is 19.6. The fourth-order valence-electron chi connectivity index (χ4n) is 3.43. The molecule has 1 aromatic heterocycles. The number of thiophene rings is 1. The van der Waals surface area contributed by atoms with E-state index in [0.29, 0.717) is 6.61 Å². The van der Waals surface area contributed by atoms with Crippen molar-refractivity contribution in [2.45, 2.75) is 26.1 Å². The van der Waals surface area contributed by atoms with Crippen molar-refractivity contribution < 1.29 is 9.53 Å². The summed E-state index contributed by atoms with van der Waals surface area (Å²) in [5.74, 6) is 0.788. The van der Waals surface area contributed by atoms with Crippen LogP contribution in [0.2, 0.25) is 0 Å². The average Bonchev–Trinajstić information content (AvgIpc) is 2.94. The van der Waals surface area contributed by atoms with E-state index in [9.17, 15) is 4.79 Å². The van der Waals surface area contributed by atoms with Crippen LogP contribution in [0.3, 0.4) is 0 Å². The Morgan fingerprint density at radius 2 is 2.24 bits per heavy atom. The second kappa shape index (κ2) is 6.63. The minimum Gasteiger partial charge on any atom is -0.493 e. The second-order valence-corrected chi connectivity index (χ2v) is 8.38. The molecule has 2 N–H and O–H groups in total. The van der Waals surface area contributed by atoms with Gasteiger partial charge in [0.2, 0.25) is 0 Å². The van der Waals surface area contributed by atoms with Gasteiger partial charge in [0.25, 0.3) is 5.91 Å². The lowest BCUT2D eigenvalue weighted by molar-refractivity contribution is 0.0934. The van der Waals surface area contributed by atoms with E-state index in [1.807, 2.05) is 25.1 Å². The van der Waals surface area contributed by atoms with Crippen molar-refractivity contribution in [1.82, 2.24) is 10.2 Å². The highest BCUT2D eigenvalue weighted by Crippen LogP contribution is 2.41. The van der Waals surface area contributed by atoms with E-state index in [1.54, 1.807) is 11.3 Å². The van der Waals surface area contributed by atoms with Crippen molar-refractivity contribution >= 4 is 38.2 Å². The third-order valence-electron chi connectivity index (χ3n) is 4.61. The maximum Gasteiger partial charge on any atom is 0.256 e. The predicted molar refractivity (Wildman–Crippen MR) is 103 cm³/mol. The average molecular weight is 422 g/mol. The Balaban J connectivity index is 1.71. The molecule has 0 spiro atoms. The van der Waals surface area contributed by atoms with Gasteiger partial charge in [0.1, 0.15) is 16.9 Å². The molecule has 0 bridgehead atoms. The lowest BCUT2D eigenvalue weighted by Gasteiger charge is -2.28. The molecule has 5 nitrogen and oxygen atoms in total. The Kier molecular flexibility index (Phi) is 4.47. The molecule has 3 heterocycles. The van der Waals surface area contributed by atoms with Gasteiger partial charge in [-0.15, -0.1) is 11.3 Å². The molecule has 0 saturated carbocycles. The first-order chi connectivity index (χ1) is 12.1. The molecule has 0 radical (unpaired) electrons. The van der Waals surface area contributed by atoms with Crippen LogP contribution in [0.4, 0.5) is 5.00 Å². The molecule has 1 atom stereocenters. The van der Waals surface area contributed by atoms with E-state index in [2.05, 4.69) is 38.5 Å². The minimum atomic E-state index is -0.295. The number of amides is 1. The van der Waals surface area contributed by atoms with Gasteiger partial charge in [-0.1, -0.05) is 15.9 Å². The van der Waals surface area contributed by atoms with Crippen LogP contribution in [-0.4, -0.2) is 31.0 Å².